The Morgan fingerprint density at radius 2 is 2.09 bits per heavy atom. The van der Waals surface area contributed by atoms with Gasteiger partial charge >= 0.3 is 0 Å². The SMILES string of the molecule is Cc1cc(NC(=O)C(C)N2CCN(c3ccccn3)CC2)on1. The molecule has 7 heteroatoms. The summed E-state index contributed by atoms with van der Waals surface area (Å²) in [6.45, 7) is 7.09. The Hall–Kier alpha value is -2.41. The standard InChI is InChI=1S/C16H21N5O2/c1-12-11-15(23-19-12)18-16(22)13(2)20-7-9-21(10-8-20)14-5-3-4-6-17-14/h3-6,11,13H,7-10H2,1-2H3,(H,18,22). The molecule has 2 aromatic rings. The number of rotatable bonds is 4. The van der Waals surface area contributed by atoms with Gasteiger partial charge in [0.1, 0.15) is 5.82 Å². The van der Waals surface area contributed by atoms with Crippen LogP contribution in [0.1, 0.15) is 12.6 Å². The van der Waals surface area contributed by atoms with Gasteiger partial charge in [0, 0.05) is 38.4 Å². The van der Waals surface area contributed by atoms with Gasteiger partial charge in [-0.15, -0.1) is 0 Å². The Morgan fingerprint density at radius 1 is 1.30 bits per heavy atom. The van der Waals surface area contributed by atoms with E-state index in [0.717, 1.165) is 37.7 Å². The summed E-state index contributed by atoms with van der Waals surface area (Å²) in [4.78, 5) is 21.1. The molecule has 1 fully saturated rings. The highest BCUT2D eigenvalue weighted by Crippen LogP contribution is 2.15. The van der Waals surface area contributed by atoms with Crippen molar-refractivity contribution in [3.8, 4) is 0 Å². The van der Waals surface area contributed by atoms with E-state index in [-0.39, 0.29) is 11.9 Å². The Balaban J connectivity index is 1.53. The lowest BCUT2D eigenvalue weighted by molar-refractivity contribution is -0.121. The van der Waals surface area contributed by atoms with Gasteiger partial charge < -0.3 is 9.42 Å². The molecule has 122 valence electrons. The number of anilines is 2. The predicted molar refractivity (Wildman–Crippen MR) is 87.4 cm³/mol. The van der Waals surface area contributed by atoms with Crippen LogP contribution in [0.25, 0.3) is 0 Å². The molecule has 1 amide bonds. The lowest BCUT2D eigenvalue weighted by atomic mass is 10.2. The van der Waals surface area contributed by atoms with Crippen LogP contribution in [0.2, 0.25) is 0 Å². The average Bonchev–Trinajstić information content (AvgIpc) is 3.00. The minimum Gasteiger partial charge on any atom is -0.354 e. The van der Waals surface area contributed by atoms with E-state index < -0.39 is 0 Å². The highest BCUT2D eigenvalue weighted by Gasteiger charge is 2.26. The number of pyridine rings is 1. The molecule has 1 saturated heterocycles. The predicted octanol–water partition coefficient (Wildman–Crippen LogP) is 1.53. The van der Waals surface area contributed by atoms with Gasteiger partial charge in [-0.05, 0) is 26.0 Å². The fraction of sp³-hybridized carbons (Fsp3) is 0.438. The molecule has 0 bridgehead atoms. The summed E-state index contributed by atoms with van der Waals surface area (Å²) in [6, 6.07) is 7.41. The summed E-state index contributed by atoms with van der Waals surface area (Å²) in [7, 11) is 0. The van der Waals surface area contributed by atoms with Crippen LogP contribution in [0.15, 0.2) is 35.0 Å². The van der Waals surface area contributed by atoms with Gasteiger partial charge in [0.15, 0.2) is 0 Å². The third kappa shape index (κ3) is 3.68. The van der Waals surface area contributed by atoms with Gasteiger partial charge in [0.2, 0.25) is 11.8 Å². The number of amides is 1. The molecule has 1 aliphatic heterocycles. The molecule has 0 saturated carbocycles. The van der Waals surface area contributed by atoms with Crippen LogP contribution in [-0.4, -0.2) is 53.2 Å². The van der Waals surface area contributed by atoms with Crippen molar-refractivity contribution in [3.63, 3.8) is 0 Å². The molecule has 0 aliphatic carbocycles. The van der Waals surface area contributed by atoms with E-state index in [2.05, 4.69) is 25.3 Å². The molecule has 3 heterocycles. The molecule has 23 heavy (non-hydrogen) atoms. The first-order valence-electron chi connectivity index (χ1n) is 7.78. The molecular weight excluding hydrogens is 294 g/mol. The van der Waals surface area contributed by atoms with E-state index in [1.807, 2.05) is 32.0 Å². The van der Waals surface area contributed by atoms with Crippen molar-refractivity contribution in [2.24, 2.45) is 0 Å². The third-order valence-electron chi connectivity index (χ3n) is 4.09. The smallest absolute Gasteiger partial charge is 0.243 e. The maximum atomic E-state index is 12.3. The minimum absolute atomic E-state index is 0.0764. The average molecular weight is 315 g/mol. The second-order valence-corrected chi connectivity index (χ2v) is 5.71. The maximum absolute atomic E-state index is 12.3. The first-order chi connectivity index (χ1) is 11.1. The van der Waals surface area contributed by atoms with Crippen molar-refractivity contribution in [2.75, 3.05) is 36.4 Å². The first-order valence-corrected chi connectivity index (χ1v) is 7.78. The van der Waals surface area contributed by atoms with Crippen molar-refractivity contribution < 1.29 is 9.32 Å². The lowest BCUT2D eigenvalue weighted by Crippen LogP contribution is -2.53. The summed E-state index contributed by atoms with van der Waals surface area (Å²) in [5.41, 5.74) is 0.747. The van der Waals surface area contributed by atoms with Crippen LogP contribution >= 0.6 is 0 Å². The van der Waals surface area contributed by atoms with E-state index >= 15 is 0 Å². The number of hydrogen-bond acceptors (Lipinski definition) is 6. The fourth-order valence-corrected chi connectivity index (χ4v) is 2.69. The number of aromatic nitrogens is 2. The Bertz CT molecular complexity index is 650. The molecule has 1 atom stereocenters. The summed E-state index contributed by atoms with van der Waals surface area (Å²) >= 11 is 0. The van der Waals surface area contributed by atoms with Crippen LogP contribution < -0.4 is 10.2 Å². The van der Waals surface area contributed by atoms with E-state index in [1.165, 1.54) is 0 Å². The molecule has 2 aromatic heterocycles. The molecule has 3 rings (SSSR count). The van der Waals surface area contributed by atoms with Gasteiger partial charge in [-0.1, -0.05) is 11.2 Å². The highest BCUT2D eigenvalue weighted by atomic mass is 16.5. The Labute approximate surface area is 135 Å². The van der Waals surface area contributed by atoms with E-state index in [9.17, 15) is 4.79 Å². The normalized spacial score (nSPS) is 17.0. The van der Waals surface area contributed by atoms with Crippen molar-refractivity contribution in [1.82, 2.24) is 15.0 Å². The second kappa shape index (κ2) is 6.78. The molecular formula is C16H21N5O2. The van der Waals surface area contributed by atoms with Gasteiger partial charge in [-0.3, -0.25) is 15.0 Å². The number of nitrogens with zero attached hydrogens (tertiary/aromatic N) is 4. The third-order valence-corrected chi connectivity index (χ3v) is 4.09. The van der Waals surface area contributed by atoms with E-state index in [1.54, 1.807) is 12.3 Å². The number of aryl methyl sites for hydroxylation is 1. The minimum atomic E-state index is -0.216. The maximum Gasteiger partial charge on any atom is 0.243 e. The second-order valence-electron chi connectivity index (χ2n) is 5.71. The molecule has 0 spiro atoms. The largest absolute Gasteiger partial charge is 0.354 e. The summed E-state index contributed by atoms with van der Waals surface area (Å²) in [6.07, 6.45) is 1.80. The molecule has 1 N–H and O–H groups in total. The summed E-state index contributed by atoms with van der Waals surface area (Å²) in [5.74, 6) is 1.31. The van der Waals surface area contributed by atoms with Crippen LogP contribution in [-0.2, 0) is 4.79 Å². The molecule has 1 aliphatic rings. The van der Waals surface area contributed by atoms with Crippen LogP contribution in [0, 0.1) is 6.92 Å². The number of carbonyl (C=O) groups is 1. The zero-order chi connectivity index (χ0) is 16.2. The van der Waals surface area contributed by atoms with Crippen LogP contribution in [0.3, 0.4) is 0 Å². The Kier molecular flexibility index (Phi) is 4.57. The Morgan fingerprint density at radius 3 is 2.70 bits per heavy atom. The van der Waals surface area contributed by atoms with Gasteiger partial charge in [-0.2, -0.15) is 0 Å². The number of carbonyl (C=O) groups excluding carboxylic acids is 1. The molecule has 7 nitrogen and oxygen atoms in total. The van der Waals surface area contributed by atoms with Crippen molar-refractivity contribution >= 4 is 17.6 Å². The van der Waals surface area contributed by atoms with Crippen molar-refractivity contribution in [3.05, 3.63) is 36.2 Å². The van der Waals surface area contributed by atoms with Crippen molar-refractivity contribution in [1.29, 1.82) is 0 Å². The highest BCUT2D eigenvalue weighted by molar-refractivity contribution is 5.93. The quantitative estimate of drug-likeness (QED) is 0.922. The topological polar surface area (TPSA) is 74.5 Å². The first kappa shape index (κ1) is 15.5. The van der Waals surface area contributed by atoms with Crippen molar-refractivity contribution in [2.45, 2.75) is 19.9 Å². The van der Waals surface area contributed by atoms with Gasteiger partial charge in [0.05, 0.1) is 11.7 Å². The monoisotopic (exact) mass is 315 g/mol. The number of nitrogens with one attached hydrogen (secondary N) is 1. The lowest BCUT2D eigenvalue weighted by Gasteiger charge is -2.37. The van der Waals surface area contributed by atoms with E-state index in [4.69, 9.17) is 4.52 Å². The molecule has 0 radical (unpaired) electrons. The van der Waals surface area contributed by atoms with Gasteiger partial charge in [-0.25, -0.2) is 4.98 Å². The van der Waals surface area contributed by atoms with Crippen LogP contribution in [0.5, 0.6) is 0 Å². The summed E-state index contributed by atoms with van der Waals surface area (Å²) in [5, 5.41) is 6.54. The number of hydrogen-bond donors (Lipinski definition) is 1. The van der Waals surface area contributed by atoms with E-state index in [0.29, 0.717) is 5.88 Å². The fourth-order valence-electron chi connectivity index (χ4n) is 2.69. The zero-order valence-corrected chi connectivity index (χ0v) is 13.4. The molecule has 1 unspecified atom stereocenters. The summed E-state index contributed by atoms with van der Waals surface area (Å²) < 4.78 is 5.03. The number of piperazine rings is 1. The molecule has 0 aromatic carbocycles. The van der Waals surface area contributed by atoms with Crippen LogP contribution in [0.4, 0.5) is 11.7 Å². The zero-order valence-electron chi connectivity index (χ0n) is 13.4. The van der Waals surface area contributed by atoms with Gasteiger partial charge in [0.25, 0.3) is 0 Å².